The van der Waals surface area contributed by atoms with Gasteiger partial charge in [0.15, 0.2) is 0 Å². The summed E-state index contributed by atoms with van der Waals surface area (Å²) in [4.78, 5) is 13.8. The topological polar surface area (TPSA) is 46.4 Å². The van der Waals surface area contributed by atoms with Gasteiger partial charge in [-0.05, 0) is 52.7 Å². The van der Waals surface area contributed by atoms with Crippen molar-refractivity contribution in [3.05, 3.63) is 143 Å². The highest BCUT2D eigenvalue weighted by Crippen LogP contribution is 2.45. The average molecular weight is 501 g/mol. The van der Waals surface area contributed by atoms with Crippen LogP contribution in [0.4, 0.5) is 22.7 Å². The normalized spacial score (nSPS) is 11.1. The molecule has 0 radical (unpaired) electrons. The van der Waals surface area contributed by atoms with Gasteiger partial charge in [-0.25, -0.2) is 0 Å². The van der Waals surface area contributed by atoms with E-state index in [4.69, 9.17) is 11.6 Å². The van der Waals surface area contributed by atoms with Crippen LogP contribution in [-0.2, 0) is 0 Å². The van der Waals surface area contributed by atoms with Crippen LogP contribution in [0, 0.1) is 10.1 Å². The molecule has 0 saturated heterocycles. The van der Waals surface area contributed by atoms with Crippen LogP contribution in [0.15, 0.2) is 127 Å². The van der Waals surface area contributed by atoms with Gasteiger partial charge in [-0.2, -0.15) is 0 Å². The second kappa shape index (κ2) is 9.41. The van der Waals surface area contributed by atoms with Gasteiger partial charge in [0, 0.05) is 27.5 Å². The number of halogens is 1. The van der Waals surface area contributed by atoms with Crippen molar-refractivity contribution in [1.82, 2.24) is 0 Å². The number of para-hydroxylation sites is 1. The summed E-state index contributed by atoms with van der Waals surface area (Å²) in [5.74, 6) is 0. The van der Waals surface area contributed by atoms with E-state index in [1.807, 2.05) is 54.6 Å². The molecule has 0 N–H and O–H groups in total. The van der Waals surface area contributed by atoms with E-state index in [2.05, 4.69) is 59.5 Å². The van der Waals surface area contributed by atoms with Crippen molar-refractivity contribution in [2.45, 2.75) is 0 Å². The van der Waals surface area contributed by atoms with Gasteiger partial charge in [0.1, 0.15) is 0 Å². The SMILES string of the molecule is O=[N+]([O-])c1cc(Cl)ccc1-c1ccc(N(c2ccccc2)c2cccc3ccccc23)c2ccccc12. The van der Waals surface area contributed by atoms with Crippen molar-refractivity contribution < 1.29 is 4.92 Å². The van der Waals surface area contributed by atoms with Crippen LogP contribution in [0.5, 0.6) is 0 Å². The first-order chi connectivity index (χ1) is 18.1. The molecule has 0 aromatic heterocycles. The molecule has 0 saturated carbocycles. The molecule has 0 aliphatic rings. The summed E-state index contributed by atoms with van der Waals surface area (Å²) in [7, 11) is 0. The molecular weight excluding hydrogens is 480 g/mol. The molecule has 178 valence electrons. The van der Waals surface area contributed by atoms with E-state index >= 15 is 0 Å². The molecule has 0 spiro atoms. The fourth-order valence-electron chi connectivity index (χ4n) is 4.98. The third-order valence-corrected chi connectivity index (χ3v) is 6.85. The van der Waals surface area contributed by atoms with E-state index < -0.39 is 0 Å². The summed E-state index contributed by atoms with van der Waals surface area (Å²) in [5, 5.41) is 16.4. The Hall–Kier alpha value is -4.67. The van der Waals surface area contributed by atoms with Crippen LogP contribution in [0.25, 0.3) is 32.7 Å². The van der Waals surface area contributed by atoms with Crippen molar-refractivity contribution in [2.75, 3.05) is 4.90 Å². The Kier molecular flexibility index (Phi) is 5.79. The molecule has 6 aromatic carbocycles. The summed E-state index contributed by atoms with van der Waals surface area (Å²) in [6, 6.07) is 41.8. The number of rotatable bonds is 5. The Bertz CT molecular complexity index is 1780. The molecule has 6 aromatic rings. The maximum atomic E-state index is 11.9. The largest absolute Gasteiger partial charge is 0.309 e. The van der Waals surface area contributed by atoms with Gasteiger partial charge in [0.05, 0.1) is 21.9 Å². The number of fused-ring (bicyclic) bond motifs is 2. The number of nitrogens with zero attached hydrogens (tertiary/aromatic N) is 2. The predicted molar refractivity (Wildman–Crippen MR) is 153 cm³/mol. The highest BCUT2D eigenvalue weighted by Gasteiger charge is 2.22. The third kappa shape index (κ3) is 4.07. The fourth-order valence-corrected chi connectivity index (χ4v) is 5.15. The average Bonchev–Trinajstić information content (AvgIpc) is 2.94. The molecule has 0 aliphatic heterocycles. The molecular formula is C32H21ClN2O2. The standard InChI is InChI=1S/C32H21ClN2O2/c33-23-17-18-29(32(21-23)35(36)37)27-19-20-31(28-15-7-6-14-26(27)28)34(24-11-2-1-3-12-24)30-16-8-10-22-9-4-5-13-25(22)30/h1-21H. The zero-order chi connectivity index (χ0) is 25.4. The van der Waals surface area contributed by atoms with E-state index in [0.717, 1.165) is 44.2 Å². The number of nitro groups is 1. The van der Waals surface area contributed by atoms with Gasteiger partial charge in [0.2, 0.25) is 0 Å². The smallest absolute Gasteiger partial charge is 0.278 e. The maximum absolute atomic E-state index is 11.9. The molecule has 0 heterocycles. The number of nitro benzene ring substituents is 1. The molecule has 4 nitrogen and oxygen atoms in total. The lowest BCUT2D eigenvalue weighted by molar-refractivity contribution is -0.384. The quantitative estimate of drug-likeness (QED) is 0.175. The fraction of sp³-hybridized carbons (Fsp3) is 0. The molecule has 0 atom stereocenters. The van der Waals surface area contributed by atoms with Gasteiger partial charge in [-0.15, -0.1) is 0 Å². The van der Waals surface area contributed by atoms with Crippen LogP contribution in [-0.4, -0.2) is 4.92 Å². The minimum Gasteiger partial charge on any atom is -0.309 e. The molecule has 37 heavy (non-hydrogen) atoms. The monoisotopic (exact) mass is 500 g/mol. The van der Waals surface area contributed by atoms with Crippen LogP contribution < -0.4 is 4.90 Å². The van der Waals surface area contributed by atoms with E-state index in [1.165, 1.54) is 6.07 Å². The second-order valence-electron chi connectivity index (χ2n) is 8.77. The van der Waals surface area contributed by atoms with Crippen molar-refractivity contribution >= 4 is 55.9 Å². The molecule has 6 rings (SSSR count). The zero-order valence-electron chi connectivity index (χ0n) is 19.7. The van der Waals surface area contributed by atoms with Crippen molar-refractivity contribution in [3.8, 4) is 11.1 Å². The second-order valence-corrected chi connectivity index (χ2v) is 9.20. The van der Waals surface area contributed by atoms with Crippen molar-refractivity contribution in [2.24, 2.45) is 0 Å². The lowest BCUT2D eigenvalue weighted by atomic mass is 9.95. The molecule has 0 aliphatic carbocycles. The van der Waals surface area contributed by atoms with E-state index in [1.54, 1.807) is 12.1 Å². The first-order valence-electron chi connectivity index (χ1n) is 11.9. The summed E-state index contributed by atoms with van der Waals surface area (Å²) < 4.78 is 0. The van der Waals surface area contributed by atoms with Crippen LogP contribution in [0.1, 0.15) is 0 Å². The maximum Gasteiger partial charge on any atom is 0.278 e. The molecule has 0 amide bonds. The highest BCUT2D eigenvalue weighted by atomic mass is 35.5. The van der Waals surface area contributed by atoms with E-state index in [9.17, 15) is 10.1 Å². The van der Waals surface area contributed by atoms with Gasteiger partial charge >= 0.3 is 0 Å². The molecule has 0 fully saturated rings. The first-order valence-corrected chi connectivity index (χ1v) is 12.3. The number of benzene rings is 6. The van der Waals surface area contributed by atoms with E-state index in [-0.39, 0.29) is 10.6 Å². The molecule has 0 unspecified atom stereocenters. The van der Waals surface area contributed by atoms with Gasteiger partial charge < -0.3 is 4.90 Å². The Morgan fingerprint density at radius 3 is 2.00 bits per heavy atom. The lowest BCUT2D eigenvalue weighted by Crippen LogP contribution is -2.11. The Balaban J connectivity index is 1.65. The minimum absolute atomic E-state index is 0.0145. The summed E-state index contributed by atoms with van der Waals surface area (Å²) >= 11 is 6.11. The van der Waals surface area contributed by atoms with Crippen molar-refractivity contribution in [3.63, 3.8) is 0 Å². The number of hydrogen-bond acceptors (Lipinski definition) is 3. The minimum atomic E-state index is -0.379. The predicted octanol–water partition coefficient (Wildman–Crippen LogP) is 9.69. The van der Waals surface area contributed by atoms with Crippen LogP contribution >= 0.6 is 11.6 Å². The highest BCUT2D eigenvalue weighted by molar-refractivity contribution is 6.31. The Morgan fingerprint density at radius 1 is 0.595 bits per heavy atom. The summed E-state index contributed by atoms with van der Waals surface area (Å²) in [6.07, 6.45) is 0. The Labute approximate surface area is 219 Å². The van der Waals surface area contributed by atoms with E-state index in [0.29, 0.717) is 10.6 Å². The van der Waals surface area contributed by atoms with Gasteiger partial charge in [-0.3, -0.25) is 10.1 Å². The molecule has 0 bridgehead atoms. The molecule has 5 heteroatoms. The summed E-state index contributed by atoms with van der Waals surface area (Å²) in [6.45, 7) is 0. The number of hydrogen-bond donors (Lipinski definition) is 0. The first kappa shape index (κ1) is 22.8. The zero-order valence-corrected chi connectivity index (χ0v) is 20.5. The van der Waals surface area contributed by atoms with Crippen LogP contribution in [0.2, 0.25) is 5.02 Å². The summed E-state index contributed by atoms with van der Waals surface area (Å²) in [5.41, 5.74) is 4.37. The Morgan fingerprint density at radius 2 is 1.22 bits per heavy atom. The van der Waals surface area contributed by atoms with Crippen LogP contribution in [0.3, 0.4) is 0 Å². The number of anilines is 3. The van der Waals surface area contributed by atoms with Gasteiger partial charge in [-0.1, -0.05) is 96.5 Å². The lowest BCUT2D eigenvalue weighted by Gasteiger charge is -2.28. The van der Waals surface area contributed by atoms with Crippen molar-refractivity contribution in [1.29, 1.82) is 0 Å². The third-order valence-electron chi connectivity index (χ3n) is 6.61. The van der Waals surface area contributed by atoms with Gasteiger partial charge in [0.25, 0.3) is 5.69 Å².